The summed E-state index contributed by atoms with van der Waals surface area (Å²) in [6.45, 7) is 1.23. The number of amides is 1. The van der Waals surface area contributed by atoms with Gasteiger partial charge in [-0.15, -0.1) is 13.2 Å². The van der Waals surface area contributed by atoms with Crippen molar-refractivity contribution < 1.29 is 31.1 Å². The molecule has 0 aliphatic carbocycles. The van der Waals surface area contributed by atoms with Crippen LogP contribution in [-0.2, 0) is 14.8 Å². The van der Waals surface area contributed by atoms with E-state index in [0.717, 1.165) is 22.7 Å². The summed E-state index contributed by atoms with van der Waals surface area (Å²) in [6, 6.07) is 11.2. The van der Waals surface area contributed by atoms with Crippen molar-refractivity contribution in [3.05, 3.63) is 54.1 Å². The van der Waals surface area contributed by atoms with Gasteiger partial charge in [-0.2, -0.15) is 0 Å². The number of benzene rings is 2. The van der Waals surface area contributed by atoms with E-state index in [4.69, 9.17) is 0 Å². The van der Waals surface area contributed by atoms with E-state index in [2.05, 4.69) is 10.1 Å². The van der Waals surface area contributed by atoms with Gasteiger partial charge in [-0.25, -0.2) is 8.42 Å². The van der Waals surface area contributed by atoms with Crippen molar-refractivity contribution in [2.75, 3.05) is 22.4 Å². The highest BCUT2D eigenvalue weighted by molar-refractivity contribution is 7.92. The predicted molar refractivity (Wildman–Crippen MR) is 95.1 cm³/mol. The fraction of sp³-hybridized carbons (Fsp3) is 0.235. The van der Waals surface area contributed by atoms with Crippen LogP contribution in [-0.4, -0.2) is 33.5 Å². The molecule has 0 unspecified atom stereocenters. The molecule has 27 heavy (non-hydrogen) atoms. The average Bonchev–Trinajstić information content (AvgIpc) is 2.53. The van der Waals surface area contributed by atoms with Gasteiger partial charge < -0.3 is 10.1 Å². The highest BCUT2D eigenvalue weighted by atomic mass is 32.2. The number of hydrogen-bond acceptors (Lipinski definition) is 4. The van der Waals surface area contributed by atoms with E-state index in [9.17, 15) is 26.4 Å². The molecule has 10 heteroatoms. The molecule has 0 aromatic heterocycles. The number of alkyl halides is 3. The molecule has 0 spiro atoms. The van der Waals surface area contributed by atoms with Crippen LogP contribution in [0.3, 0.4) is 0 Å². The summed E-state index contributed by atoms with van der Waals surface area (Å²) in [5.74, 6) is -1.08. The Morgan fingerprint density at radius 2 is 1.70 bits per heavy atom. The molecule has 0 bridgehead atoms. The number of sulfonamides is 1. The molecule has 1 N–H and O–H groups in total. The summed E-state index contributed by atoms with van der Waals surface area (Å²) in [4.78, 5) is 12.2. The monoisotopic (exact) mass is 402 g/mol. The third kappa shape index (κ3) is 6.17. The lowest BCUT2D eigenvalue weighted by Gasteiger charge is -2.23. The van der Waals surface area contributed by atoms with Gasteiger partial charge in [-0.3, -0.25) is 9.10 Å². The Bertz CT molecular complexity index is 913. The predicted octanol–water partition coefficient (Wildman–Crippen LogP) is 3.30. The Morgan fingerprint density at radius 3 is 2.22 bits per heavy atom. The van der Waals surface area contributed by atoms with Crippen LogP contribution in [0.5, 0.6) is 5.75 Å². The van der Waals surface area contributed by atoms with Gasteiger partial charge in [0, 0.05) is 5.69 Å². The SMILES string of the molecule is Cc1ccccc1N(CC(=O)Nc1ccc(OC(F)(F)F)cc1)S(C)(=O)=O. The molecular weight excluding hydrogens is 385 g/mol. The number of carbonyl (C=O) groups excluding carboxylic acids is 1. The molecule has 0 saturated carbocycles. The quantitative estimate of drug-likeness (QED) is 0.805. The number of ether oxygens (including phenoxy) is 1. The van der Waals surface area contributed by atoms with Crippen LogP contribution in [0.4, 0.5) is 24.5 Å². The molecule has 146 valence electrons. The first kappa shape index (κ1) is 20.6. The number of anilines is 2. The van der Waals surface area contributed by atoms with Crippen molar-refractivity contribution in [1.29, 1.82) is 0 Å². The number of nitrogens with one attached hydrogen (secondary N) is 1. The highest BCUT2D eigenvalue weighted by Gasteiger charge is 2.31. The zero-order valence-electron chi connectivity index (χ0n) is 14.4. The molecule has 2 aromatic rings. The van der Waals surface area contributed by atoms with Gasteiger partial charge in [0.2, 0.25) is 15.9 Å². The van der Waals surface area contributed by atoms with Crippen LogP contribution < -0.4 is 14.4 Å². The van der Waals surface area contributed by atoms with E-state index in [1.54, 1.807) is 31.2 Å². The number of aryl methyl sites for hydroxylation is 1. The summed E-state index contributed by atoms with van der Waals surface area (Å²) < 4.78 is 65.3. The smallest absolute Gasteiger partial charge is 0.406 e. The Labute approximate surface area is 154 Å². The van der Waals surface area contributed by atoms with Crippen LogP contribution in [0.1, 0.15) is 5.56 Å². The molecule has 0 saturated heterocycles. The minimum atomic E-state index is -4.81. The molecule has 0 heterocycles. The summed E-state index contributed by atoms with van der Waals surface area (Å²) in [5.41, 5.74) is 1.24. The second kappa shape index (κ2) is 7.87. The Morgan fingerprint density at radius 1 is 1.11 bits per heavy atom. The largest absolute Gasteiger partial charge is 0.573 e. The van der Waals surface area contributed by atoms with E-state index >= 15 is 0 Å². The number of carbonyl (C=O) groups is 1. The Balaban J connectivity index is 2.12. The molecular formula is C17H17F3N2O4S. The van der Waals surface area contributed by atoms with Gasteiger partial charge in [0.15, 0.2) is 0 Å². The zero-order chi connectivity index (χ0) is 20.2. The van der Waals surface area contributed by atoms with Gasteiger partial charge in [0.1, 0.15) is 12.3 Å². The number of hydrogen-bond donors (Lipinski definition) is 1. The van der Waals surface area contributed by atoms with Crippen molar-refractivity contribution in [2.24, 2.45) is 0 Å². The molecule has 0 aliphatic rings. The third-order valence-corrected chi connectivity index (χ3v) is 4.57. The third-order valence-electron chi connectivity index (χ3n) is 3.44. The van der Waals surface area contributed by atoms with Crippen molar-refractivity contribution >= 4 is 27.3 Å². The lowest BCUT2D eigenvalue weighted by Crippen LogP contribution is -2.37. The van der Waals surface area contributed by atoms with Crippen molar-refractivity contribution in [3.63, 3.8) is 0 Å². The van der Waals surface area contributed by atoms with E-state index in [0.29, 0.717) is 11.3 Å². The average molecular weight is 402 g/mol. The molecule has 2 aromatic carbocycles. The molecule has 1 amide bonds. The number of rotatable bonds is 6. The topological polar surface area (TPSA) is 75.7 Å². The first-order valence-corrected chi connectivity index (χ1v) is 9.49. The number of para-hydroxylation sites is 1. The molecule has 0 fully saturated rings. The molecule has 0 radical (unpaired) electrons. The Kier molecular flexibility index (Phi) is 5.99. The van der Waals surface area contributed by atoms with Crippen molar-refractivity contribution in [1.82, 2.24) is 0 Å². The number of nitrogens with zero attached hydrogens (tertiary/aromatic N) is 1. The fourth-order valence-corrected chi connectivity index (χ4v) is 3.21. The maximum atomic E-state index is 12.2. The summed E-state index contributed by atoms with van der Waals surface area (Å²) in [7, 11) is -3.73. The van der Waals surface area contributed by atoms with Gasteiger partial charge >= 0.3 is 6.36 Å². The minimum absolute atomic E-state index is 0.202. The second-order valence-electron chi connectivity index (χ2n) is 5.68. The summed E-state index contributed by atoms with van der Waals surface area (Å²) >= 11 is 0. The molecule has 0 atom stereocenters. The van der Waals surface area contributed by atoms with Crippen LogP contribution >= 0.6 is 0 Å². The van der Waals surface area contributed by atoms with Crippen molar-refractivity contribution in [2.45, 2.75) is 13.3 Å². The van der Waals surface area contributed by atoms with Gasteiger partial charge in [0.25, 0.3) is 0 Å². The normalized spacial score (nSPS) is 11.7. The van der Waals surface area contributed by atoms with E-state index in [-0.39, 0.29) is 5.69 Å². The summed E-state index contributed by atoms with van der Waals surface area (Å²) in [6.07, 6.45) is -3.83. The lowest BCUT2D eigenvalue weighted by molar-refractivity contribution is -0.274. The van der Waals surface area contributed by atoms with Gasteiger partial charge in [0.05, 0.1) is 11.9 Å². The van der Waals surface area contributed by atoms with Crippen LogP contribution in [0, 0.1) is 6.92 Å². The van der Waals surface area contributed by atoms with E-state index in [1.165, 1.54) is 12.1 Å². The first-order valence-electron chi connectivity index (χ1n) is 7.65. The number of halogens is 3. The lowest BCUT2D eigenvalue weighted by atomic mass is 10.2. The zero-order valence-corrected chi connectivity index (χ0v) is 15.3. The van der Waals surface area contributed by atoms with Crippen molar-refractivity contribution in [3.8, 4) is 5.75 Å². The highest BCUT2D eigenvalue weighted by Crippen LogP contribution is 2.25. The standard InChI is InChI=1S/C17H17F3N2O4S/c1-12-5-3-4-6-15(12)22(27(2,24)25)11-16(23)21-13-7-9-14(10-8-13)26-17(18,19)20/h3-10H,11H2,1-2H3,(H,21,23). The van der Waals surface area contributed by atoms with Crippen LogP contribution in [0.2, 0.25) is 0 Å². The van der Waals surface area contributed by atoms with Gasteiger partial charge in [-0.05, 0) is 42.8 Å². The van der Waals surface area contributed by atoms with Crippen LogP contribution in [0.25, 0.3) is 0 Å². The maximum absolute atomic E-state index is 12.2. The van der Waals surface area contributed by atoms with E-state index < -0.39 is 34.6 Å². The summed E-state index contributed by atoms with van der Waals surface area (Å²) in [5, 5.41) is 2.44. The first-order chi connectivity index (χ1) is 12.5. The van der Waals surface area contributed by atoms with Gasteiger partial charge in [-0.1, -0.05) is 18.2 Å². The second-order valence-corrected chi connectivity index (χ2v) is 7.58. The van der Waals surface area contributed by atoms with E-state index in [1.807, 2.05) is 0 Å². The van der Waals surface area contributed by atoms with Crippen LogP contribution in [0.15, 0.2) is 48.5 Å². The molecule has 0 aliphatic heterocycles. The maximum Gasteiger partial charge on any atom is 0.573 e. The molecule has 2 rings (SSSR count). The Hall–Kier alpha value is -2.75. The fourth-order valence-electron chi connectivity index (χ4n) is 2.30. The molecule has 6 nitrogen and oxygen atoms in total. The minimum Gasteiger partial charge on any atom is -0.406 e.